The van der Waals surface area contributed by atoms with Gasteiger partial charge in [-0.25, -0.2) is 4.68 Å². The molecule has 0 bridgehead atoms. The molecule has 0 radical (unpaired) electrons. The summed E-state index contributed by atoms with van der Waals surface area (Å²) in [6, 6.07) is 17.7. The van der Waals surface area contributed by atoms with Gasteiger partial charge in [-0.1, -0.05) is 47.5 Å². The molecule has 0 unspecified atom stereocenters. The monoisotopic (exact) mass is 400 g/mol. The molecule has 2 aromatic carbocycles. The van der Waals surface area contributed by atoms with Gasteiger partial charge < -0.3 is 0 Å². The summed E-state index contributed by atoms with van der Waals surface area (Å²) >= 11 is 4.65. The van der Waals surface area contributed by atoms with Crippen molar-refractivity contribution in [3.8, 4) is 5.69 Å². The Bertz CT molecular complexity index is 828. The fourth-order valence-corrected chi connectivity index (χ4v) is 3.51. The molecule has 1 aromatic heterocycles. The summed E-state index contributed by atoms with van der Waals surface area (Å²) in [6.07, 6.45) is 3.46. The Morgan fingerprint density at radius 2 is 1.83 bits per heavy atom. The molecule has 0 atom stereocenters. The summed E-state index contributed by atoms with van der Waals surface area (Å²) < 4.78 is 2.88. The predicted molar refractivity (Wildman–Crippen MR) is 102 cm³/mol. The first-order valence-electron chi connectivity index (χ1n) is 7.79. The largest absolute Gasteiger partial charge is 0.281 e. The molecule has 3 rings (SSSR count). The van der Waals surface area contributed by atoms with E-state index in [1.165, 1.54) is 11.8 Å². The number of hydrogen-bond acceptors (Lipinski definition) is 3. The highest BCUT2D eigenvalue weighted by Crippen LogP contribution is 2.27. The summed E-state index contributed by atoms with van der Waals surface area (Å²) in [5.41, 5.74) is 2.64. The Morgan fingerprint density at radius 3 is 2.50 bits per heavy atom. The highest BCUT2D eigenvalue weighted by molar-refractivity contribution is 9.10. The average Bonchev–Trinajstić information content (AvgIpc) is 3.02. The maximum absolute atomic E-state index is 12.7. The third-order valence-corrected chi connectivity index (χ3v) is 5.04. The van der Waals surface area contributed by atoms with Gasteiger partial charge in [0, 0.05) is 9.37 Å². The predicted octanol–water partition coefficient (Wildman–Crippen LogP) is 5.52. The van der Waals surface area contributed by atoms with Gasteiger partial charge in [-0.2, -0.15) is 5.10 Å². The summed E-state index contributed by atoms with van der Waals surface area (Å²) in [6.45, 7) is 2.11. The van der Waals surface area contributed by atoms with Crippen LogP contribution in [0.1, 0.15) is 29.4 Å². The SMILES string of the molecule is CCCc1c(C(=O)Sc2ccc(Br)cc2)cnn1-c1ccccc1. The molecule has 0 saturated heterocycles. The van der Waals surface area contributed by atoms with Gasteiger partial charge in [0.05, 0.1) is 23.1 Å². The lowest BCUT2D eigenvalue weighted by Crippen LogP contribution is -2.05. The number of thioether (sulfide) groups is 1. The molecule has 0 amide bonds. The number of nitrogens with zero attached hydrogens (tertiary/aromatic N) is 2. The Hall–Kier alpha value is -1.85. The molecule has 24 heavy (non-hydrogen) atoms. The summed E-state index contributed by atoms with van der Waals surface area (Å²) in [5.74, 6) is 0. The zero-order valence-electron chi connectivity index (χ0n) is 13.3. The quantitative estimate of drug-likeness (QED) is 0.528. The van der Waals surface area contributed by atoms with E-state index in [0.717, 1.165) is 33.6 Å². The first kappa shape index (κ1) is 17.0. The van der Waals surface area contributed by atoms with E-state index >= 15 is 0 Å². The number of aromatic nitrogens is 2. The van der Waals surface area contributed by atoms with Gasteiger partial charge in [0.15, 0.2) is 0 Å². The lowest BCUT2D eigenvalue weighted by Gasteiger charge is -2.08. The molecule has 0 spiro atoms. The molecule has 3 aromatic rings. The smallest absolute Gasteiger partial charge is 0.227 e. The maximum Gasteiger partial charge on any atom is 0.227 e. The zero-order chi connectivity index (χ0) is 16.9. The summed E-state index contributed by atoms with van der Waals surface area (Å²) in [4.78, 5) is 13.7. The van der Waals surface area contributed by atoms with Crippen molar-refractivity contribution in [2.24, 2.45) is 0 Å². The van der Waals surface area contributed by atoms with Crippen LogP contribution >= 0.6 is 27.7 Å². The van der Waals surface area contributed by atoms with Crippen molar-refractivity contribution in [3.63, 3.8) is 0 Å². The van der Waals surface area contributed by atoms with E-state index in [1.807, 2.05) is 59.3 Å². The van der Waals surface area contributed by atoms with Crippen LogP contribution in [-0.4, -0.2) is 14.9 Å². The minimum absolute atomic E-state index is 0.0305. The Labute approximate surface area is 154 Å². The van der Waals surface area contributed by atoms with Crippen LogP contribution in [0.25, 0.3) is 5.69 Å². The highest BCUT2D eigenvalue weighted by atomic mass is 79.9. The lowest BCUT2D eigenvalue weighted by atomic mass is 10.1. The van der Waals surface area contributed by atoms with Crippen LogP contribution in [0.3, 0.4) is 0 Å². The summed E-state index contributed by atoms with van der Waals surface area (Å²) in [5, 5.41) is 4.49. The van der Waals surface area contributed by atoms with Crippen LogP contribution in [0.5, 0.6) is 0 Å². The van der Waals surface area contributed by atoms with Gasteiger partial charge in [0.25, 0.3) is 0 Å². The molecule has 5 heteroatoms. The van der Waals surface area contributed by atoms with Crippen LogP contribution in [0.2, 0.25) is 0 Å². The van der Waals surface area contributed by atoms with Crippen molar-refractivity contribution in [3.05, 3.63) is 76.5 Å². The van der Waals surface area contributed by atoms with E-state index < -0.39 is 0 Å². The molecule has 0 fully saturated rings. The van der Waals surface area contributed by atoms with Crippen molar-refractivity contribution in [2.75, 3.05) is 0 Å². The molecule has 1 heterocycles. The second-order valence-electron chi connectivity index (χ2n) is 5.35. The van der Waals surface area contributed by atoms with Crippen molar-refractivity contribution in [1.82, 2.24) is 9.78 Å². The number of hydrogen-bond donors (Lipinski definition) is 0. The molecule has 0 aliphatic heterocycles. The lowest BCUT2D eigenvalue weighted by molar-refractivity contribution is 0.108. The van der Waals surface area contributed by atoms with Crippen LogP contribution in [0.4, 0.5) is 0 Å². The Morgan fingerprint density at radius 1 is 1.12 bits per heavy atom. The van der Waals surface area contributed by atoms with Gasteiger partial charge in [0.1, 0.15) is 0 Å². The van der Waals surface area contributed by atoms with Gasteiger partial charge in [-0.3, -0.25) is 4.79 Å². The van der Waals surface area contributed by atoms with Crippen LogP contribution in [-0.2, 0) is 6.42 Å². The van der Waals surface area contributed by atoms with Gasteiger partial charge in [0.2, 0.25) is 5.12 Å². The van der Waals surface area contributed by atoms with Crippen molar-refractivity contribution >= 4 is 32.8 Å². The van der Waals surface area contributed by atoms with Gasteiger partial charge in [-0.15, -0.1) is 0 Å². The third kappa shape index (κ3) is 3.79. The van der Waals surface area contributed by atoms with Crippen molar-refractivity contribution in [2.45, 2.75) is 24.7 Å². The van der Waals surface area contributed by atoms with E-state index in [1.54, 1.807) is 6.20 Å². The van der Waals surface area contributed by atoms with E-state index in [9.17, 15) is 4.79 Å². The second kappa shape index (κ2) is 7.81. The molecule has 3 nitrogen and oxygen atoms in total. The fourth-order valence-electron chi connectivity index (χ4n) is 2.48. The van der Waals surface area contributed by atoms with E-state index in [4.69, 9.17) is 0 Å². The Kier molecular flexibility index (Phi) is 5.53. The molecule has 122 valence electrons. The molecule has 0 N–H and O–H groups in total. The van der Waals surface area contributed by atoms with E-state index in [-0.39, 0.29) is 5.12 Å². The molecule has 0 aliphatic carbocycles. The molecule has 0 aliphatic rings. The van der Waals surface area contributed by atoms with E-state index in [0.29, 0.717) is 5.56 Å². The normalized spacial score (nSPS) is 10.8. The topological polar surface area (TPSA) is 34.9 Å². The van der Waals surface area contributed by atoms with Crippen LogP contribution in [0.15, 0.2) is 70.2 Å². The fraction of sp³-hybridized carbons (Fsp3) is 0.158. The number of halogens is 1. The van der Waals surface area contributed by atoms with Gasteiger partial charge in [-0.05, 0) is 54.6 Å². The van der Waals surface area contributed by atoms with Crippen LogP contribution < -0.4 is 0 Å². The third-order valence-electron chi connectivity index (χ3n) is 3.60. The van der Waals surface area contributed by atoms with Gasteiger partial charge >= 0.3 is 0 Å². The number of benzene rings is 2. The van der Waals surface area contributed by atoms with E-state index in [2.05, 4.69) is 28.0 Å². The second-order valence-corrected chi connectivity index (χ2v) is 7.31. The van der Waals surface area contributed by atoms with Crippen molar-refractivity contribution < 1.29 is 4.79 Å². The standard InChI is InChI=1S/C19H17BrN2OS/c1-2-6-18-17(13-21-22(18)15-7-4-3-5-8-15)19(23)24-16-11-9-14(20)10-12-16/h3-5,7-13H,2,6H2,1H3. The first-order valence-corrected chi connectivity index (χ1v) is 9.40. The van der Waals surface area contributed by atoms with Crippen LogP contribution in [0, 0.1) is 0 Å². The number of rotatable bonds is 5. The highest BCUT2D eigenvalue weighted by Gasteiger charge is 2.18. The summed E-state index contributed by atoms with van der Waals surface area (Å²) in [7, 11) is 0. The Balaban J connectivity index is 1.91. The minimum atomic E-state index is 0.0305. The molecular weight excluding hydrogens is 384 g/mol. The number of carbonyl (C=O) groups excluding carboxylic acids is 1. The average molecular weight is 401 g/mol. The maximum atomic E-state index is 12.7. The minimum Gasteiger partial charge on any atom is -0.281 e. The van der Waals surface area contributed by atoms with Crippen molar-refractivity contribution in [1.29, 1.82) is 0 Å². The number of para-hydroxylation sites is 1. The molecular formula is C19H17BrN2OS. The number of carbonyl (C=O) groups is 1. The zero-order valence-corrected chi connectivity index (χ0v) is 15.7. The first-order chi connectivity index (χ1) is 11.7. The molecule has 0 saturated carbocycles.